The number of benzene rings is 1. The van der Waals surface area contributed by atoms with Crippen LogP contribution in [0.1, 0.15) is 98.4 Å². The average molecular weight is 415 g/mol. The standard InChI is InChI=1S/C28H43FO/c1-19-20(2)22(4)28(23(5)21(19)3)30-27-16-14-26(15-17-27)13-12-25-10-8-24(9-11-25)7-6-18-29/h6,18,24-27H,7-17H2,1-5H3/b18-6+. The third-order valence-corrected chi connectivity index (χ3v) is 8.52. The first-order chi connectivity index (χ1) is 14.4. The Morgan fingerprint density at radius 1 is 0.667 bits per heavy atom. The van der Waals surface area contributed by atoms with Crippen LogP contribution in [0.5, 0.6) is 5.75 Å². The normalized spacial score (nSPS) is 27.5. The molecule has 0 amide bonds. The lowest BCUT2D eigenvalue weighted by Crippen LogP contribution is -2.25. The van der Waals surface area contributed by atoms with Crippen molar-refractivity contribution in [2.75, 3.05) is 0 Å². The number of allylic oxidation sites excluding steroid dienone is 1. The highest BCUT2D eigenvalue weighted by molar-refractivity contribution is 5.53. The number of hydrogen-bond donors (Lipinski definition) is 0. The van der Waals surface area contributed by atoms with Crippen LogP contribution in [0.15, 0.2) is 12.4 Å². The van der Waals surface area contributed by atoms with Gasteiger partial charge in [0, 0.05) is 0 Å². The van der Waals surface area contributed by atoms with Crippen LogP contribution >= 0.6 is 0 Å². The highest BCUT2D eigenvalue weighted by Gasteiger charge is 2.26. The second-order valence-electron chi connectivity index (χ2n) is 10.3. The van der Waals surface area contributed by atoms with Crippen LogP contribution in [0.25, 0.3) is 0 Å². The van der Waals surface area contributed by atoms with E-state index in [1.54, 1.807) is 6.08 Å². The fourth-order valence-electron chi connectivity index (χ4n) is 5.82. The van der Waals surface area contributed by atoms with Crippen molar-refractivity contribution >= 4 is 0 Å². The minimum atomic E-state index is 0.388. The molecule has 30 heavy (non-hydrogen) atoms. The van der Waals surface area contributed by atoms with E-state index < -0.39 is 0 Å². The SMILES string of the molecule is Cc1c(C)c(C)c(OC2CCC(CCC3CCC(C/C=C/F)CC3)CC2)c(C)c1C. The van der Waals surface area contributed by atoms with Gasteiger partial charge in [0.1, 0.15) is 5.75 Å². The molecule has 168 valence electrons. The Morgan fingerprint density at radius 3 is 1.60 bits per heavy atom. The van der Waals surface area contributed by atoms with E-state index in [9.17, 15) is 4.39 Å². The van der Waals surface area contributed by atoms with Gasteiger partial charge in [-0.05, 0) is 125 Å². The largest absolute Gasteiger partial charge is 0.490 e. The second kappa shape index (κ2) is 10.8. The van der Waals surface area contributed by atoms with Crippen LogP contribution in [0, 0.1) is 52.4 Å². The molecule has 0 heterocycles. The van der Waals surface area contributed by atoms with Crippen LogP contribution in [0.2, 0.25) is 0 Å². The Labute approximate surface area is 184 Å². The first-order valence-electron chi connectivity index (χ1n) is 12.4. The Hall–Kier alpha value is -1.31. The molecule has 2 fully saturated rings. The Balaban J connectivity index is 1.42. The van der Waals surface area contributed by atoms with Gasteiger partial charge in [-0.1, -0.05) is 31.8 Å². The molecule has 0 aliphatic heterocycles. The minimum absolute atomic E-state index is 0.388. The van der Waals surface area contributed by atoms with E-state index in [-0.39, 0.29) is 0 Å². The molecule has 2 aliphatic rings. The highest BCUT2D eigenvalue weighted by atomic mass is 19.1. The molecule has 2 aliphatic carbocycles. The fraction of sp³-hybridized carbons (Fsp3) is 0.714. The van der Waals surface area contributed by atoms with E-state index >= 15 is 0 Å². The molecule has 1 aromatic rings. The Bertz CT molecular complexity index is 690. The van der Waals surface area contributed by atoms with E-state index in [4.69, 9.17) is 4.74 Å². The zero-order chi connectivity index (χ0) is 21.7. The molecule has 0 N–H and O–H groups in total. The third-order valence-electron chi connectivity index (χ3n) is 8.52. The van der Waals surface area contributed by atoms with Gasteiger partial charge in [0.05, 0.1) is 12.4 Å². The van der Waals surface area contributed by atoms with Crippen molar-refractivity contribution < 1.29 is 9.13 Å². The maximum atomic E-state index is 12.2. The van der Waals surface area contributed by atoms with Crippen molar-refractivity contribution in [2.24, 2.45) is 17.8 Å². The highest BCUT2D eigenvalue weighted by Crippen LogP contribution is 2.38. The molecule has 0 unspecified atom stereocenters. The molecular formula is C28H43FO. The van der Waals surface area contributed by atoms with Crippen molar-refractivity contribution in [1.29, 1.82) is 0 Å². The Morgan fingerprint density at radius 2 is 1.10 bits per heavy atom. The zero-order valence-electron chi connectivity index (χ0n) is 20.0. The summed E-state index contributed by atoms with van der Waals surface area (Å²) in [5, 5.41) is 0. The summed E-state index contributed by atoms with van der Waals surface area (Å²) in [5.74, 6) is 3.68. The van der Waals surface area contributed by atoms with Gasteiger partial charge in [-0.2, -0.15) is 0 Å². The number of halogens is 1. The van der Waals surface area contributed by atoms with Crippen LogP contribution < -0.4 is 4.74 Å². The molecule has 1 aromatic carbocycles. The lowest BCUT2D eigenvalue weighted by atomic mass is 9.76. The zero-order valence-corrected chi connectivity index (χ0v) is 20.0. The molecule has 1 nitrogen and oxygen atoms in total. The van der Waals surface area contributed by atoms with Gasteiger partial charge in [0.2, 0.25) is 0 Å². The number of ether oxygens (including phenoxy) is 1. The van der Waals surface area contributed by atoms with Crippen LogP contribution in [0.3, 0.4) is 0 Å². The molecule has 0 radical (unpaired) electrons. The summed E-state index contributed by atoms with van der Waals surface area (Å²) in [5.41, 5.74) is 6.84. The minimum Gasteiger partial charge on any atom is -0.490 e. The van der Waals surface area contributed by atoms with Crippen molar-refractivity contribution in [2.45, 2.75) is 111 Å². The summed E-state index contributed by atoms with van der Waals surface area (Å²) in [7, 11) is 0. The maximum Gasteiger partial charge on any atom is 0.126 e. The van der Waals surface area contributed by atoms with Crippen LogP contribution in [0.4, 0.5) is 4.39 Å². The number of rotatable bonds is 7. The topological polar surface area (TPSA) is 9.23 Å². The maximum absolute atomic E-state index is 12.2. The van der Waals surface area contributed by atoms with E-state index in [1.165, 1.54) is 92.0 Å². The lowest BCUT2D eigenvalue weighted by Gasteiger charge is -2.32. The van der Waals surface area contributed by atoms with E-state index in [0.717, 1.165) is 36.3 Å². The predicted octanol–water partition coefficient (Wildman–Crippen LogP) is 8.63. The van der Waals surface area contributed by atoms with Gasteiger partial charge < -0.3 is 4.74 Å². The summed E-state index contributed by atoms with van der Waals surface area (Å²) >= 11 is 0. The van der Waals surface area contributed by atoms with Crippen molar-refractivity contribution in [3.05, 3.63) is 40.2 Å². The molecule has 3 rings (SSSR count). The summed E-state index contributed by atoms with van der Waals surface area (Å²) in [6, 6.07) is 0. The molecular weight excluding hydrogens is 371 g/mol. The van der Waals surface area contributed by atoms with Gasteiger partial charge in [-0.3, -0.25) is 0 Å². The average Bonchev–Trinajstić information content (AvgIpc) is 2.78. The van der Waals surface area contributed by atoms with Gasteiger partial charge >= 0.3 is 0 Å². The molecule has 0 spiro atoms. The van der Waals surface area contributed by atoms with Crippen LogP contribution in [-0.4, -0.2) is 6.10 Å². The smallest absolute Gasteiger partial charge is 0.126 e. The van der Waals surface area contributed by atoms with Gasteiger partial charge in [-0.15, -0.1) is 0 Å². The third kappa shape index (κ3) is 5.68. The molecule has 0 bridgehead atoms. The molecule has 0 aromatic heterocycles. The second-order valence-corrected chi connectivity index (χ2v) is 10.3. The van der Waals surface area contributed by atoms with E-state index in [0.29, 0.717) is 6.10 Å². The molecule has 2 saturated carbocycles. The monoisotopic (exact) mass is 414 g/mol. The first kappa shape index (κ1) is 23.4. The summed E-state index contributed by atoms with van der Waals surface area (Å²) in [4.78, 5) is 0. The molecule has 0 atom stereocenters. The van der Waals surface area contributed by atoms with Gasteiger partial charge in [0.15, 0.2) is 0 Å². The van der Waals surface area contributed by atoms with E-state index in [1.807, 2.05) is 0 Å². The molecule has 2 heteroatoms. The number of hydrogen-bond acceptors (Lipinski definition) is 1. The predicted molar refractivity (Wildman–Crippen MR) is 126 cm³/mol. The summed E-state index contributed by atoms with van der Waals surface area (Å²) < 4.78 is 18.8. The first-order valence-corrected chi connectivity index (χ1v) is 12.4. The van der Waals surface area contributed by atoms with E-state index in [2.05, 4.69) is 34.6 Å². The molecule has 0 saturated heterocycles. The quantitative estimate of drug-likeness (QED) is 0.434. The van der Waals surface area contributed by atoms with Crippen molar-refractivity contribution in [3.8, 4) is 5.75 Å². The van der Waals surface area contributed by atoms with Gasteiger partial charge in [-0.25, -0.2) is 4.39 Å². The Kier molecular flexibility index (Phi) is 8.43. The lowest BCUT2D eigenvalue weighted by molar-refractivity contribution is 0.122. The van der Waals surface area contributed by atoms with Crippen molar-refractivity contribution in [3.63, 3.8) is 0 Å². The fourth-order valence-corrected chi connectivity index (χ4v) is 5.82. The van der Waals surface area contributed by atoms with Crippen LogP contribution in [-0.2, 0) is 0 Å². The summed E-state index contributed by atoms with van der Waals surface area (Å²) in [6.07, 6.45) is 16.9. The van der Waals surface area contributed by atoms with Gasteiger partial charge in [0.25, 0.3) is 0 Å². The van der Waals surface area contributed by atoms with Crippen molar-refractivity contribution in [1.82, 2.24) is 0 Å². The summed E-state index contributed by atoms with van der Waals surface area (Å²) in [6.45, 7) is 11.1.